The molecule has 17 heavy (non-hydrogen) atoms. The van der Waals surface area contributed by atoms with Crippen LogP contribution in [0.25, 0.3) is 0 Å². The fourth-order valence-corrected chi connectivity index (χ4v) is 2.57. The van der Waals surface area contributed by atoms with Gasteiger partial charge in [-0.15, -0.1) is 0 Å². The first kappa shape index (κ1) is 16.9. The fraction of sp³-hybridized carbons (Fsp3) is 1.00. The fourth-order valence-electron chi connectivity index (χ4n) is 2.57. The molecule has 2 heteroatoms. The van der Waals surface area contributed by atoms with Gasteiger partial charge >= 0.3 is 0 Å². The van der Waals surface area contributed by atoms with Crippen LogP contribution in [-0.4, -0.2) is 13.1 Å². The van der Waals surface area contributed by atoms with Gasteiger partial charge in [0.2, 0.25) is 0 Å². The van der Waals surface area contributed by atoms with Crippen molar-refractivity contribution >= 4 is 0 Å². The summed E-state index contributed by atoms with van der Waals surface area (Å²) in [6, 6.07) is 0. The highest BCUT2D eigenvalue weighted by Crippen LogP contribution is 2.35. The molecule has 0 aliphatic carbocycles. The first-order valence-corrected chi connectivity index (χ1v) is 7.58. The van der Waals surface area contributed by atoms with Crippen molar-refractivity contribution in [2.75, 3.05) is 13.1 Å². The van der Waals surface area contributed by atoms with Crippen molar-refractivity contribution in [3.8, 4) is 0 Å². The Balaban J connectivity index is 3.95. The van der Waals surface area contributed by atoms with Gasteiger partial charge in [-0.05, 0) is 50.6 Å². The van der Waals surface area contributed by atoms with Gasteiger partial charge in [-0.2, -0.15) is 0 Å². The van der Waals surface area contributed by atoms with Gasteiger partial charge in [0.25, 0.3) is 0 Å². The van der Waals surface area contributed by atoms with Crippen LogP contribution in [0.2, 0.25) is 0 Å². The maximum atomic E-state index is 5.58. The second kappa shape index (κ2) is 11.0. The monoisotopic (exact) mass is 242 g/mol. The third-order valence-electron chi connectivity index (χ3n) is 3.85. The predicted octanol–water partition coefficient (Wildman–Crippen LogP) is 3.83. The molecule has 2 nitrogen and oxygen atoms in total. The Bertz CT molecular complexity index is 130. The lowest BCUT2D eigenvalue weighted by atomic mass is 9.76. The van der Waals surface area contributed by atoms with Crippen LogP contribution in [0.4, 0.5) is 0 Å². The molecule has 0 saturated carbocycles. The standard InChI is InChI=1S/C15H34N2/c1-3-4-5-10-15(2,11-6-8-13-16)12-7-9-14-17/h3-14,16-17H2,1-2H3. The molecule has 0 amide bonds. The molecule has 0 bridgehead atoms. The average molecular weight is 242 g/mol. The van der Waals surface area contributed by atoms with Crippen molar-refractivity contribution in [2.24, 2.45) is 16.9 Å². The molecule has 0 heterocycles. The molecule has 0 saturated heterocycles. The van der Waals surface area contributed by atoms with Crippen LogP contribution in [0.5, 0.6) is 0 Å². The molecule has 104 valence electrons. The number of hydrogen-bond donors (Lipinski definition) is 2. The first-order chi connectivity index (χ1) is 8.18. The summed E-state index contributed by atoms with van der Waals surface area (Å²) < 4.78 is 0. The lowest BCUT2D eigenvalue weighted by molar-refractivity contribution is 0.226. The van der Waals surface area contributed by atoms with Crippen molar-refractivity contribution < 1.29 is 0 Å². The second-order valence-corrected chi connectivity index (χ2v) is 5.76. The maximum Gasteiger partial charge on any atom is -0.00773 e. The van der Waals surface area contributed by atoms with E-state index >= 15 is 0 Å². The first-order valence-electron chi connectivity index (χ1n) is 7.58. The quantitative estimate of drug-likeness (QED) is 0.511. The topological polar surface area (TPSA) is 52.0 Å². The Hall–Kier alpha value is -0.0800. The molecule has 0 aromatic carbocycles. The average Bonchev–Trinajstić information content (AvgIpc) is 2.30. The van der Waals surface area contributed by atoms with Crippen molar-refractivity contribution in [3.63, 3.8) is 0 Å². The van der Waals surface area contributed by atoms with E-state index in [9.17, 15) is 0 Å². The number of rotatable bonds is 12. The summed E-state index contributed by atoms with van der Waals surface area (Å²) in [5, 5.41) is 0. The van der Waals surface area contributed by atoms with E-state index in [0.29, 0.717) is 5.41 Å². The summed E-state index contributed by atoms with van der Waals surface area (Å²) in [6.45, 7) is 6.43. The molecule has 0 atom stereocenters. The van der Waals surface area contributed by atoms with Gasteiger partial charge in [0.15, 0.2) is 0 Å². The molecule has 4 N–H and O–H groups in total. The molecule has 0 aromatic rings. The summed E-state index contributed by atoms with van der Waals surface area (Å²) >= 11 is 0. The molecule has 0 aromatic heterocycles. The van der Waals surface area contributed by atoms with Crippen molar-refractivity contribution in [1.82, 2.24) is 0 Å². The minimum Gasteiger partial charge on any atom is -0.330 e. The van der Waals surface area contributed by atoms with Crippen LogP contribution >= 0.6 is 0 Å². The van der Waals surface area contributed by atoms with Gasteiger partial charge in [0.1, 0.15) is 0 Å². The summed E-state index contributed by atoms with van der Waals surface area (Å²) in [7, 11) is 0. The Morgan fingerprint density at radius 1 is 0.706 bits per heavy atom. The SMILES string of the molecule is CCCCCC(C)(CCCCN)CCCCN. The van der Waals surface area contributed by atoms with Crippen molar-refractivity contribution in [3.05, 3.63) is 0 Å². The van der Waals surface area contributed by atoms with Gasteiger partial charge < -0.3 is 11.5 Å². The summed E-state index contributed by atoms with van der Waals surface area (Å²) in [4.78, 5) is 0. The Morgan fingerprint density at radius 2 is 1.12 bits per heavy atom. The van der Waals surface area contributed by atoms with Crippen molar-refractivity contribution in [1.29, 1.82) is 0 Å². The zero-order valence-corrected chi connectivity index (χ0v) is 12.1. The second-order valence-electron chi connectivity index (χ2n) is 5.76. The molecule has 0 aliphatic rings. The number of hydrogen-bond acceptors (Lipinski definition) is 2. The third kappa shape index (κ3) is 9.61. The zero-order valence-electron chi connectivity index (χ0n) is 12.1. The third-order valence-corrected chi connectivity index (χ3v) is 3.85. The Morgan fingerprint density at radius 3 is 1.47 bits per heavy atom. The molecule has 0 rings (SSSR count). The highest BCUT2D eigenvalue weighted by Gasteiger charge is 2.22. The van der Waals surface area contributed by atoms with E-state index in [4.69, 9.17) is 11.5 Å². The molecule has 0 radical (unpaired) electrons. The Labute approximate surface area is 109 Å². The van der Waals surface area contributed by atoms with Crippen LogP contribution in [0.3, 0.4) is 0 Å². The smallest absolute Gasteiger partial charge is 0.00773 e. The summed E-state index contributed by atoms with van der Waals surface area (Å²) in [6.07, 6.45) is 13.1. The minimum atomic E-state index is 0.541. The van der Waals surface area contributed by atoms with E-state index in [1.807, 2.05) is 0 Å². The van der Waals surface area contributed by atoms with Crippen LogP contribution in [0.1, 0.15) is 78.1 Å². The summed E-state index contributed by atoms with van der Waals surface area (Å²) in [5.74, 6) is 0. The molecule has 0 unspecified atom stereocenters. The molecular formula is C15H34N2. The van der Waals surface area contributed by atoms with Gasteiger partial charge in [0.05, 0.1) is 0 Å². The van der Waals surface area contributed by atoms with E-state index in [1.165, 1.54) is 64.2 Å². The lowest BCUT2D eigenvalue weighted by Crippen LogP contribution is -2.18. The molecule has 0 spiro atoms. The van der Waals surface area contributed by atoms with Gasteiger partial charge in [-0.1, -0.05) is 46.0 Å². The van der Waals surface area contributed by atoms with E-state index in [-0.39, 0.29) is 0 Å². The van der Waals surface area contributed by atoms with E-state index in [2.05, 4.69) is 13.8 Å². The Kier molecular flexibility index (Phi) is 11.0. The van der Waals surface area contributed by atoms with E-state index in [0.717, 1.165) is 13.1 Å². The van der Waals surface area contributed by atoms with E-state index < -0.39 is 0 Å². The number of unbranched alkanes of at least 4 members (excludes halogenated alkanes) is 4. The lowest BCUT2D eigenvalue weighted by Gasteiger charge is -2.30. The van der Waals surface area contributed by atoms with Crippen molar-refractivity contribution in [2.45, 2.75) is 78.1 Å². The summed E-state index contributed by atoms with van der Waals surface area (Å²) in [5.41, 5.74) is 11.7. The predicted molar refractivity (Wildman–Crippen MR) is 78.1 cm³/mol. The van der Waals surface area contributed by atoms with Crippen LogP contribution in [0, 0.1) is 5.41 Å². The van der Waals surface area contributed by atoms with Gasteiger partial charge in [-0.25, -0.2) is 0 Å². The minimum absolute atomic E-state index is 0.541. The molecule has 0 aliphatic heterocycles. The molecule has 0 fully saturated rings. The number of nitrogens with two attached hydrogens (primary N) is 2. The highest BCUT2D eigenvalue weighted by molar-refractivity contribution is 4.74. The highest BCUT2D eigenvalue weighted by atomic mass is 14.5. The largest absolute Gasteiger partial charge is 0.330 e. The van der Waals surface area contributed by atoms with Crippen LogP contribution < -0.4 is 11.5 Å². The molecular weight excluding hydrogens is 208 g/mol. The van der Waals surface area contributed by atoms with Crippen LogP contribution in [0.15, 0.2) is 0 Å². The maximum absolute atomic E-state index is 5.58. The zero-order chi connectivity index (χ0) is 13.0. The normalized spacial score (nSPS) is 12.0. The van der Waals surface area contributed by atoms with Gasteiger partial charge in [0, 0.05) is 0 Å². The van der Waals surface area contributed by atoms with Gasteiger partial charge in [-0.3, -0.25) is 0 Å². The van der Waals surface area contributed by atoms with Crippen LogP contribution in [-0.2, 0) is 0 Å². The van der Waals surface area contributed by atoms with E-state index in [1.54, 1.807) is 0 Å².